The molecular weight excluding hydrogens is 296 g/mol. The number of carbonyl (C=O) groups excluding carboxylic acids is 2. The quantitative estimate of drug-likeness (QED) is 0.898. The van der Waals surface area contributed by atoms with Crippen molar-refractivity contribution in [2.45, 2.75) is 26.3 Å². The summed E-state index contributed by atoms with van der Waals surface area (Å²) in [5, 5.41) is 5.35. The lowest BCUT2D eigenvalue weighted by Crippen LogP contribution is -2.45. The van der Waals surface area contributed by atoms with E-state index in [2.05, 4.69) is 26.6 Å². The van der Waals surface area contributed by atoms with Crippen LogP contribution < -0.4 is 10.6 Å². The van der Waals surface area contributed by atoms with Crippen LogP contribution in [-0.4, -0.2) is 23.9 Å². The summed E-state index contributed by atoms with van der Waals surface area (Å²) >= 11 is 3.29. The molecule has 1 rings (SSSR count). The van der Waals surface area contributed by atoms with E-state index < -0.39 is 0 Å². The van der Waals surface area contributed by atoms with Crippen molar-refractivity contribution in [3.63, 3.8) is 0 Å². The highest BCUT2D eigenvalue weighted by molar-refractivity contribution is 9.10. The van der Waals surface area contributed by atoms with Crippen molar-refractivity contribution in [3.8, 4) is 0 Å². The Kier molecular flexibility index (Phi) is 4.90. The fourth-order valence-corrected chi connectivity index (χ4v) is 1.75. The number of amides is 2. The fourth-order valence-electron chi connectivity index (χ4n) is 1.35. The largest absolute Gasteiger partial charge is 0.350 e. The number of carbonyl (C=O) groups is 2. The lowest BCUT2D eigenvalue weighted by Gasteiger charge is -2.20. The first-order valence-electron chi connectivity index (χ1n) is 5.63. The zero-order chi connectivity index (χ0) is 13.8. The fraction of sp³-hybridized carbons (Fsp3) is 0.385. The normalized spacial score (nSPS) is 10.9. The molecule has 0 aliphatic heterocycles. The molecular formula is C13H17BrN2O2. The van der Waals surface area contributed by atoms with Gasteiger partial charge in [-0.05, 0) is 39.0 Å². The van der Waals surface area contributed by atoms with Crippen LogP contribution in [-0.2, 0) is 4.79 Å². The van der Waals surface area contributed by atoms with E-state index >= 15 is 0 Å². The van der Waals surface area contributed by atoms with E-state index in [1.54, 1.807) is 18.2 Å². The first-order valence-corrected chi connectivity index (χ1v) is 6.42. The zero-order valence-corrected chi connectivity index (χ0v) is 12.3. The van der Waals surface area contributed by atoms with Gasteiger partial charge >= 0.3 is 0 Å². The molecule has 4 nitrogen and oxygen atoms in total. The van der Waals surface area contributed by atoms with Gasteiger partial charge in [-0.15, -0.1) is 0 Å². The van der Waals surface area contributed by atoms with Gasteiger partial charge in [0.2, 0.25) is 5.91 Å². The van der Waals surface area contributed by atoms with Crippen molar-refractivity contribution in [3.05, 3.63) is 34.3 Å². The molecule has 5 heteroatoms. The minimum absolute atomic E-state index is 0.0252. The van der Waals surface area contributed by atoms with Crippen molar-refractivity contribution >= 4 is 27.7 Å². The van der Waals surface area contributed by atoms with E-state index in [-0.39, 0.29) is 23.9 Å². The molecule has 0 aliphatic rings. The van der Waals surface area contributed by atoms with Gasteiger partial charge in [0.25, 0.3) is 5.91 Å². The summed E-state index contributed by atoms with van der Waals surface area (Å²) in [6.45, 7) is 5.64. The van der Waals surface area contributed by atoms with Crippen LogP contribution in [0.4, 0.5) is 0 Å². The molecule has 0 saturated heterocycles. The maximum Gasteiger partial charge on any atom is 0.251 e. The van der Waals surface area contributed by atoms with E-state index in [9.17, 15) is 9.59 Å². The maximum absolute atomic E-state index is 11.8. The van der Waals surface area contributed by atoms with Crippen molar-refractivity contribution in [1.29, 1.82) is 0 Å². The van der Waals surface area contributed by atoms with Crippen LogP contribution in [0.2, 0.25) is 0 Å². The van der Waals surface area contributed by atoms with E-state index in [1.807, 2.05) is 26.8 Å². The molecule has 2 N–H and O–H groups in total. The van der Waals surface area contributed by atoms with Crippen LogP contribution >= 0.6 is 15.9 Å². The van der Waals surface area contributed by atoms with Gasteiger partial charge in [0.1, 0.15) is 0 Å². The average Bonchev–Trinajstić information content (AvgIpc) is 2.23. The molecule has 0 atom stereocenters. The van der Waals surface area contributed by atoms with Crippen molar-refractivity contribution in [1.82, 2.24) is 10.6 Å². The third-order valence-electron chi connectivity index (χ3n) is 2.01. The first kappa shape index (κ1) is 14.7. The Hall–Kier alpha value is -1.36. The number of hydrogen-bond donors (Lipinski definition) is 2. The Morgan fingerprint density at radius 1 is 1.28 bits per heavy atom. The molecule has 0 aromatic heterocycles. The molecule has 1 aromatic carbocycles. The number of benzene rings is 1. The maximum atomic E-state index is 11.8. The number of halogens is 1. The first-order chi connectivity index (χ1) is 8.28. The molecule has 0 saturated carbocycles. The highest BCUT2D eigenvalue weighted by Crippen LogP contribution is 2.11. The molecule has 1 aromatic rings. The predicted octanol–water partition coefficient (Wildman–Crippen LogP) is 2.09. The molecule has 0 unspecified atom stereocenters. The summed E-state index contributed by atoms with van der Waals surface area (Å²) in [7, 11) is 0. The molecule has 0 heterocycles. The second-order valence-corrected chi connectivity index (χ2v) is 5.91. The molecule has 0 aliphatic carbocycles. The summed E-state index contributed by atoms with van der Waals surface area (Å²) in [6, 6.07) is 7.01. The van der Waals surface area contributed by atoms with Gasteiger partial charge in [-0.2, -0.15) is 0 Å². The standard InChI is InChI=1S/C13H17BrN2O2/c1-13(2,3)16-11(17)8-15-12(18)9-5-4-6-10(14)7-9/h4-7H,8H2,1-3H3,(H,15,18)(H,16,17). The Bertz CT molecular complexity index is 453. The van der Waals surface area contributed by atoms with Gasteiger partial charge in [-0.25, -0.2) is 0 Å². The van der Waals surface area contributed by atoms with Gasteiger partial charge in [-0.3, -0.25) is 9.59 Å². The second kappa shape index (κ2) is 6.00. The molecule has 18 heavy (non-hydrogen) atoms. The minimum Gasteiger partial charge on any atom is -0.350 e. The summed E-state index contributed by atoms with van der Waals surface area (Å²) in [6.07, 6.45) is 0. The van der Waals surface area contributed by atoms with Gasteiger partial charge in [0.15, 0.2) is 0 Å². The summed E-state index contributed by atoms with van der Waals surface area (Å²) in [5.41, 5.74) is 0.227. The van der Waals surface area contributed by atoms with Gasteiger partial charge in [0, 0.05) is 15.6 Å². The third-order valence-corrected chi connectivity index (χ3v) is 2.50. The second-order valence-electron chi connectivity index (χ2n) is 4.99. The predicted molar refractivity (Wildman–Crippen MR) is 74.4 cm³/mol. The van der Waals surface area contributed by atoms with Crippen molar-refractivity contribution in [2.24, 2.45) is 0 Å². The molecule has 0 fully saturated rings. The van der Waals surface area contributed by atoms with E-state index in [0.29, 0.717) is 5.56 Å². The average molecular weight is 313 g/mol. The van der Waals surface area contributed by atoms with Crippen LogP contribution in [0.15, 0.2) is 28.7 Å². The lowest BCUT2D eigenvalue weighted by molar-refractivity contribution is -0.121. The molecule has 0 spiro atoms. The third kappa shape index (κ3) is 5.31. The number of nitrogens with one attached hydrogen (secondary N) is 2. The highest BCUT2D eigenvalue weighted by Gasteiger charge is 2.14. The summed E-state index contributed by atoms with van der Waals surface area (Å²) in [5.74, 6) is -0.466. The van der Waals surface area contributed by atoms with Gasteiger partial charge < -0.3 is 10.6 Å². The molecule has 2 amide bonds. The summed E-state index contributed by atoms with van der Waals surface area (Å²) in [4.78, 5) is 23.3. The Balaban J connectivity index is 2.49. The number of hydrogen-bond acceptors (Lipinski definition) is 2. The lowest BCUT2D eigenvalue weighted by atomic mass is 10.1. The molecule has 0 radical (unpaired) electrons. The molecule has 98 valence electrons. The van der Waals surface area contributed by atoms with Gasteiger partial charge in [-0.1, -0.05) is 22.0 Å². The monoisotopic (exact) mass is 312 g/mol. The minimum atomic E-state index is -0.294. The SMILES string of the molecule is CC(C)(C)NC(=O)CNC(=O)c1cccc(Br)c1. The zero-order valence-electron chi connectivity index (χ0n) is 10.7. The van der Waals surface area contributed by atoms with Gasteiger partial charge in [0.05, 0.1) is 6.54 Å². The van der Waals surface area contributed by atoms with Crippen molar-refractivity contribution < 1.29 is 9.59 Å². The smallest absolute Gasteiger partial charge is 0.251 e. The van der Waals surface area contributed by atoms with Crippen LogP contribution in [0.5, 0.6) is 0 Å². The molecule has 0 bridgehead atoms. The van der Waals surface area contributed by atoms with E-state index in [1.165, 1.54) is 0 Å². The summed E-state index contributed by atoms with van der Waals surface area (Å²) < 4.78 is 0.828. The van der Waals surface area contributed by atoms with E-state index in [4.69, 9.17) is 0 Å². The van der Waals surface area contributed by atoms with Crippen LogP contribution in [0.3, 0.4) is 0 Å². The Labute approximate surface area is 115 Å². The van der Waals surface area contributed by atoms with E-state index in [0.717, 1.165) is 4.47 Å². The highest BCUT2D eigenvalue weighted by atomic mass is 79.9. The van der Waals surface area contributed by atoms with Crippen LogP contribution in [0, 0.1) is 0 Å². The topological polar surface area (TPSA) is 58.2 Å². The van der Waals surface area contributed by atoms with Crippen LogP contribution in [0.1, 0.15) is 31.1 Å². The Morgan fingerprint density at radius 2 is 1.94 bits per heavy atom. The number of rotatable bonds is 3. The van der Waals surface area contributed by atoms with Crippen LogP contribution in [0.25, 0.3) is 0 Å². The van der Waals surface area contributed by atoms with Crippen molar-refractivity contribution in [2.75, 3.05) is 6.54 Å². The Morgan fingerprint density at radius 3 is 2.50 bits per heavy atom.